The van der Waals surface area contributed by atoms with E-state index in [4.69, 9.17) is 0 Å². The fourth-order valence-electron chi connectivity index (χ4n) is 2.83. The first-order chi connectivity index (χ1) is 11.4. The number of fused-ring (bicyclic) bond motifs is 2. The second-order valence-corrected chi connectivity index (χ2v) is 9.01. The topological polar surface area (TPSA) is 97.6 Å². The highest BCUT2D eigenvalue weighted by Gasteiger charge is 2.29. The molecule has 0 aliphatic carbocycles. The molecule has 1 aliphatic heterocycles. The molecule has 0 bridgehead atoms. The van der Waals surface area contributed by atoms with E-state index in [9.17, 15) is 18.0 Å². The molecule has 1 atom stereocenters. The van der Waals surface area contributed by atoms with Crippen molar-refractivity contribution in [3.05, 3.63) is 45.7 Å². The van der Waals surface area contributed by atoms with Gasteiger partial charge in [0.15, 0.2) is 9.84 Å². The monoisotopic (exact) mass is 363 g/mol. The van der Waals surface area contributed by atoms with Crippen molar-refractivity contribution in [1.82, 2.24) is 14.7 Å². The van der Waals surface area contributed by atoms with Crippen molar-refractivity contribution in [2.24, 2.45) is 0 Å². The number of carbonyl (C=O) groups excluding carboxylic acids is 1. The third-order valence-electron chi connectivity index (χ3n) is 4.01. The molecule has 4 rings (SSSR count). The fourth-order valence-corrected chi connectivity index (χ4v) is 5.43. The molecular weight excluding hydrogens is 350 g/mol. The Morgan fingerprint density at radius 2 is 2.21 bits per heavy atom. The summed E-state index contributed by atoms with van der Waals surface area (Å²) in [4.78, 5) is 30.1. The standard InChI is InChI=1S/C15H13N3O4S2/c19-13(16-9-4-6-24(21,22)8-9)11-7-10-14(23-11)17-12-3-1-2-5-18(12)15(10)20/h1-3,5,7,9H,4,6,8H2,(H,16,19)/t9-/m0/s1. The van der Waals surface area contributed by atoms with E-state index in [1.54, 1.807) is 24.4 Å². The lowest BCUT2D eigenvalue weighted by Crippen LogP contribution is -2.35. The van der Waals surface area contributed by atoms with Crippen LogP contribution in [0.1, 0.15) is 16.1 Å². The Hall–Kier alpha value is -2.26. The van der Waals surface area contributed by atoms with E-state index >= 15 is 0 Å². The van der Waals surface area contributed by atoms with Crippen LogP contribution in [-0.4, -0.2) is 41.3 Å². The highest BCUT2D eigenvalue weighted by atomic mass is 32.2. The predicted molar refractivity (Wildman–Crippen MR) is 91.4 cm³/mol. The molecule has 3 aromatic rings. The number of sulfone groups is 1. The van der Waals surface area contributed by atoms with E-state index in [-0.39, 0.29) is 29.0 Å². The average Bonchev–Trinajstić information content (AvgIpc) is 3.11. The van der Waals surface area contributed by atoms with E-state index in [0.717, 1.165) is 11.3 Å². The highest BCUT2D eigenvalue weighted by Crippen LogP contribution is 2.22. The predicted octanol–water partition coefficient (Wildman–Crippen LogP) is 0.826. The number of nitrogens with zero attached hydrogens (tertiary/aromatic N) is 2. The third-order valence-corrected chi connectivity index (χ3v) is 6.80. The summed E-state index contributed by atoms with van der Waals surface area (Å²) in [5.41, 5.74) is 0.292. The lowest BCUT2D eigenvalue weighted by atomic mass is 10.2. The van der Waals surface area contributed by atoms with Gasteiger partial charge in [0, 0.05) is 12.2 Å². The molecule has 0 unspecified atom stereocenters. The van der Waals surface area contributed by atoms with Crippen LogP contribution in [0.5, 0.6) is 0 Å². The van der Waals surface area contributed by atoms with Gasteiger partial charge in [-0.15, -0.1) is 11.3 Å². The van der Waals surface area contributed by atoms with Crippen molar-refractivity contribution in [3.8, 4) is 0 Å². The van der Waals surface area contributed by atoms with E-state index < -0.39 is 9.84 Å². The van der Waals surface area contributed by atoms with Crippen LogP contribution in [0.25, 0.3) is 15.9 Å². The molecule has 1 N–H and O–H groups in total. The van der Waals surface area contributed by atoms with Gasteiger partial charge in [-0.05, 0) is 24.6 Å². The molecule has 3 aromatic heterocycles. The molecule has 1 fully saturated rings. The van der Waals surface area contributed by atoms with Gasteiger partial charge >= 0.3 is 0 Å². The third kappa shape index (κ3) is 2.59. The first-order valence-corrected chi connectivity index (χ1v) is 9.99. The Kier molecular flexibility index (Phi) is 3.43. The molecule has 0 aromatic carbocycles. The Bertz CT molecular complexity index is 1130. The van der Waals surface area contributed by atoms with Gasteiger partial charge in [0.25, 0.3) is 11.5 Å². The molecule has 0 saturated carbocycles. The SMILES string of the molecule is O=C(N[C@H]1CCS(=O)(=O)C1)c1cc2c(=O)n3ccccc3nc2s1. The van der Waals surface area contributed by atoms with Crippen LogP contribution in [0, 0.1) is 0 Å². The van der Waals surface area contributed by atoms with E-state index in [1.165, 1.54) is 10.5 Å². The molecule has 1 saturated heterocycles. The van der Waals surface area contributed by atoms with Gasteiger partial charge < -0.3 is 5.32 Å². The van der Waals surface area contributed by atoms with Gasteiger partial charge in [-0.1, -0.05) is 6.07 Å². The Labute approximate surface area is 140 Å². The van der Waals surface area contributed by atoms with Gasteiger partial charge in [0.05, 0.1) is 21.8 Å². The highest BCUT2D eigenvalue weighted by molar-refractivity contribution is 7.91. The lowest BCUT2D eigenvalue weighted by molar-refractivity contribution is 0.0945. The Balaban J connectivity index is 1.70. The molecule has 7 nitrogen and oxygen atoms in total. The number of rotatable bonds is 2. The number of pyridine rings is 1. The molecule has 124 valence electrons. The summed E-state index contributed by atoms with van der Waals surface area (Å²) in [6.07, 6.45) is 2.05. The molecule has 1 amide bonds. The van der Waals surface area contributed by atoms with Gasteiger partial charge in [0.2, 0.25) is 0 Å². The van der Waals surface area contributed by atoms with E-state index in [0.29, 0.717) is 27.2 Å². The maximum Gasteiger partial charge on any atom is 0.266 e. The summed E-state index contributed by atoms with van der Waals surface area (Å²) in [5, 5.41) is 3.11. The van der Waals surface area contributed by atoms with Crippen LogP contribution in [-0.2, 0) is 9.84 Å². The van der Waals surface area contributed by atoms with Crippen molar-refractivity contribution in [2.75, 3.05) is 11.5 Å². The van der Waals surface area contributed by atoms with Crippen LogP contribution < -0.4 is 10.9 Å². The molecule has 4 heterocycles. The number of carbonyl (C=O) groups is 1. The first-order valence-electron chi connectivity index (χ1n) is 7.35. The van der Waals surface area contributed by atoms with Crippen molar-refractivity contribution < 1.29 is 13.2 Å². The molecule has 24 heavy (non-hydrogen) atoms. The minimum absolute atomic E-state index is 0.0333. The zero-order valence-electron chi connectivity index (χ0n) is 12.4. The van der Waals surface area contributed by atoms with Crippen molar-refractivity contribution in [3.63, 3.8) is 0 Å². The maximum atomic E-state index is 12.5. The number of hydrogen-bond donors (Lipinski definition) is 1. The molecular formula is C15H13N3O4S2. The minimum Gasteiger partial charge on any atom is -0.348 e. The smallest absolute Gasteiger partial charge is 0.266 e. The van der Waals surface area contributed by atoms with Gasteiger partial charge in [-0.3, -0.25) is 14.0 Å². The van der Waals surface area contributed by atoms with Crippen molar-refractivity contribution in [1.29, 1.82) is 0 Å². The second kappa shape index (κ2) is 5.38. The quantitative estimate of drug-likeness (QED) is 0.727. The summed E-state index contributed by atoms with van der Waals surface area (Å²) >= 11 is 1.13. The van der Waals surface area contributed by atoms with Gasteiger partial charge in [-0.2, -0.15) is 0 Å². The molecule has 0 radical (unpaired) electrons. The lowest BCUT2D eigenvalue weighted by Gasteiger charge is -2.08. The van der Waals surface area contributed by atoms with Crippen LogP contribution in [0.2, 0.25) is 0 Å². The molecule has 9 heteroatoms. The number of hydrogen-bond acceptors (Lipinski definition) is 6. The van der Waals surface area contributed by atoms with Crippen LogP contribution in [0.4, 0.5) is 0 Å². The Morgan fingerprint density at radius 3 is 2.96 bits per heavy atom. The van der Waals surface area contributed by atoms with E-state index in [1.807, 2.05) is 0 Å². The van der Waals surface area contributed by atoms with Crippen LogP contribution in [0.15, 0.2) is 35.3 Å². The number of amides is 1. The molecule has 1 aliphatic rings. The van der Waals surface area contributed by atoms with Crippen LogP contribution >= 0.6 is 11.3 Å². The summed E-state index contributed by atoms with van der Waals surface area (Å²) in [6.45, 7) is 0. The summed E-state index contributed by atoms with van der Waals surface area (Å²) in [6, 6.07) is 6.40. The number of nitrogens with one attached hydrogen (secondary N) is 1. The summed E-state index contributed by atoms with van der Waals surface area (Å²) in [7, 11) is -3.06. The average molecular weight is 363 g/mol. The number of thiophene rings is 1. The zero-order valence-corrected chi connectivity index (χ0v) is 14.1. The zero-order chi connectivity index (χ0) is 16.9. The van der Waals surface area contributed by atoms with Gasteiger partial charge in [0.1, 0.15) is 10.5 Å². The van der Waals surface area contributed by atoms with Crippen molar-refractivity contribution in [2.45, 2.75) is 12.5 Å². The Morgan fingerprint density at radius 1 is 1.38 bits per heavy atom. The fraction of sp³-hybridized carbons (Fsp3) is 0.267. The van der Waals surface area contributed by atoms with Crippen LogP contribution in [0.3, 0.4) is 0 Å². The van der Waals surface area contributed by atoms with E-state index in [2.05, 4.69) is 10.3 Å². The second-order valence-electron chi connectivity index (χ2n) is 5.75. The maximum absolute atomic E-state index is 12.5. The first kappa shape index (κ1) is 15.3. The molecule has 0 spiro atoms. The summed E-state index contributed by atoms with van der Waals surface area (Å²) in [5.74, 6) is -0.304. The van der Waals surface area contributed by atoms with Crippen molar-refractivity contribution >= 4 is 42.9 Å². The normalized spacial score (nSPS) is 19.8. The summed E-state index contributed by atoms with van der Waals surface area (Å²) < 4.78 is 24.4. The van der Waals surface area contributed by atoms with Gasteiger partial charge in [-0.25, -0.2) is 13.4 Å². The number of aromatic nitrogens is 2. The largest absolute Gasteiger partial charge is 0.348 e. The minimum atomic E-state index is -3.06.